The van der Waals surface area contributed by atoms with Gasteiger partial charge in [0.05, 0.1) is 18.6 Å². The molecular formula is C16H16FNO5. The van der Waals surface area contributed by atoms with Crippen LogP contribution >= 0.6 is 0 Å². The standard InChI is InChI=1S/C16H16FNO5/c1-3-22-16(21)14(12-8-13(19)23-15(12)20)9(2)18-11-6-4-10(17)5-7-11/h4-7,12,18H,3,8H2,1-2H3/b14-9+/t12-/m0/s1. The van der Waals surface area contributed by atoms with Crippen molar-refractivity contribution in [2.45, 2.75) is 20.3 Å². The molecule has 0 spiro atoms. The molecule has 0 radical (unpaired) electrons. The lowest BCUT2D eigenvalue weighted by Crippen LogP contribution is -2.23. The number of rotatable bonds is 5. The summed E-state index contributed by atoms with van der Waals surface area (Å²) in [5.74, 6) is -3.56. The van der Waals surface area contributed by atoms with Crippen LogP contribution in [0.25, 0.3) is 0 Å². The Balaban J connectivity index is 2.34. The predicted molar refractivity (Wildman–Crippen MR) is 78.6 cm³/mol. The van der Waals surface area contributed by atoms with Crippen molar-refractivity contribution in [1.29, 1.82) is 0 Å². The van der Waals surface area contributed by atoms with Crippen molar-refractivity contribution in [2.24, 2.45) is 5.92 Å². The first-order chi connectivity index (χ1) is 10.9. The lowest BCUT2D eigenvalue weighted by Gasteiger charge is -2.15. The van der Waals surface area contributed by atoms with E-state index in [4.69, 9.17) is 4.74 Å². The Kier molecular flexibility index (Phi) is 5.10. The van der Waals surface area contributed by atoms with Crippen LogP contribution in [-0.2, 0) is 23.9 Å². The summed E-state index contributed by atoms with van der Waals surface area (Å²) < 4.78 is 22.4. The van der Waals surface area contributed by atoms with Crippen molar-refractivity contribution in [2.75, 3.05) is 11.9 Å². The lowest BCUT2D eigenvalue weighted by molar-refractivity contribution is -0.153. The third-order valence-electron chi connectivity index (χ3n) is 3.29. The summed E-state index contributed by atoms with van der Waals surface area (Å²) in [6, 6.07) is 5.49. The van der Waals surface area contributed by atoms with E-state index in [-0.39, 0.29) is 18.6 Å². The van der Waals surface area contributed by atoms with E-state index in [1.807, 2.05) is 0 Å². The minimum atomic E-state index is -1.01. The van der Waals surface area contributed by atoms with Gasteiger partial charge in [0, 0.05) is 11.4 Å². The van der Waals surface area contributed by atoms with Crippen molar-refractivity contribution >= 4 is 23.6 Å². The molecule has 2 rings (SSSR count). The number of anilines is 1. The van der Waals surface area contributed by atoms with Crippen LogP contribution < -0.4 is 5.32 Å². The van der Waals surface area contributed by atoms with Gasteiger partial charge in [-0.05, 0) is 38.1 Å². The molecule has 0 aliphatic carbocycles. The molecule has 0 unspecified atom stereocenters. The summed E-state index contributed by atoms with van der Waals surface area (Å²) in [7, 11) is 0. The van der Waals surface area contributed by atoms with Crippen LogP contribution in [0.4, 0.5) is 10.1 Å². The number of carbonyl (C=O) groups excluding carboxylic acids is 3. The van der Waals surface area contributed by atoms with Gasteiger partial charge in [-0.1, -0.05) is 0 Å². The molecule has 1 N–H and O–H groups in total. The van der Waals surface area contributed by atoms with E-state index in [0.717, 1.165) is 0 Å². The normalized spacial score (nSPS) is 18.3. The maximum Gasteiger partial charge on any atom is 0.336 e. The minimum Gasteiger partial charge on any atom is -0.463 e. The molecule has 0 bridgehead atoms. The first-order valence-corrected chi connectivity index (χ1v) is 7.07. The number of hydrogen-bond donors (Lipinski definition) is 1. The zero-order valence-corrected chi connectivity index (χ0v) is 12.7. The highest BCUT2D eigenvalue weighted by Gasteiger charge is 2.40. The Hall–Kier alpha value is -2.70. The second kappa shape index (κ2) is 7.04. The molecule has 1 aliphatic rings. The van der Waals surface area contributed by atoms with Gasteiger partial charge < -0.3 is 14.8 Å². The largest absolute Gasteiger partial charge is 0.463 e. The molecule has 1 aliphatic heterocycles. The zero-order valence-electron chi connectivity index (χ0n) is 12.7. The van der Waals surface area contributed by atoms with Gasteiger partial charge in [-0.3, -0.25) is 9.59 Å². The summed E-state index contributed by atoms with van der Waals surface area (Å²) in [6.07, 6.45) is -0.213. The van der Waals surface area contributed by atoms with Crippen molar-refractivity contribution in [1.82, 2.24) is 0 Å². The SMILES string of the molecule is CCOC(=O)/C(=C(\C)Nc1ccc(F)cc1)[C@@H]1CC(=O)OC1=O. The van der Waals surface area contributed by atoms with Gasteiger partial charge in [-0.25, -0.2) is 9.18 Å². The second-order valence-electron chi connectivity index (χ2n) is 4.94. The predicted octanol–water partition coefficient (Wildman–Crippen LogP) is 2.16. The first-order valence-electron chi connectivity index (χ1n) is 7.07. The summed E-state index contributed by atoms with van der Waals surface area (Å²) in [6.45, 7) is 3.34. The smallest absolute Gasteiger partial charge is 0.336 e. The fourth-order valence-corrected chi connectivity index (χ4v) is 2.28. The van der Waals surface area contributed by atoms with Gasteiger partial charge in [0.2, 0.25) is 0 Å². The molecule has 0 amide bonds. The fourth-order valence-electron chi connectivity index (χ4n) is 2.28. The Morgan fingerprint density at radius 3 is 2.52 bits per heavy atom. The van der Waals surface area contributed by atoms with Crippen molar-refractivity contribution < 1.29 is 28.2 Å². The van der Waals surface area contributed by atoms with Gasteiger partial charge >= 0.3 is 17.9 Å². The van der Waals surface area contributed by atoms with Crippen LogP contribution in [0, 0.1) is 11.7 Å². The maximum absolute atomic E-state index is 12.9. The number of ether oxygens (including phenoxy) is 2. The quantitative estimate of drug-likeness (QED) is 0.508. The van der Waals surface area contributed by atoms with E-state index in [0.29, 0.717) is 11.4 Å². The Morgan fingerprint density at radius 1 is 1.35 bits per heavy atom. The zero-order chi connectivity index (χ0) is 17.0. The average Bonchev–Trinajstić information content (AvgIpc) is 2.80. The lowest BCUT2D eigenvalue weighted by atomic mass is 9.95. The van der Waals surface area contributed by atoms with Crippen LogP contribution in [0.15, 0.2) is 35.5 Å². The molecule has 1 heterocycles. The molecular weight excluding hydrogens is 305 g/mol. The number of nitrogens with one attached hydrogen (secondary N) is 1. The Labute approximate surface area is 132 Å². The van der Waals surface area contributed by atoms with E-state index >= 15 is 0 Å². The van der Waals surface area contributed by atoms with Crippen LogP contribution in [0.1, 0.15) is 20.3 Å². The number of hydrogen-bond acceptors (Lipinski definition) is 6. The second-order valence-corrected chi connectivity index (χ2v) is 4.94. The molecule has 1 fully saturated rings. The van der Waals surface area contributed by atoms with Crippen LogP contribution in [-0.4, -0.2) is 24.5 Å². The van der Waals surface area contributed by atoms with Crippen LogP contribution in [0.5, 0.6) is 0 Å². The number of cyclic esters (lactones) is 2. The van der Waals surface area contributed by atoms with E-state index < -0.39 is 29.6 Å². The van der Waals surface area contributed by atoms with E-state index in [1.54, 1.807) is 13.8 Å². The third kappa shape index (κ3) is 3.94. The van der Waals surface area contributed by atoms with Crippen LogP contribution in [0.2, 0.25) is 0 Å². The molecule has 122 valence electrons. The average molecular weight is 321 g/mol. The van der Waals surface area contributed by atoms with Gasteiger partial charge in [-0.2, -0.15) is 0 Å². The molecule has 0 aromatic heterocycles. The van der Waals surface area contributed by atoms with Gasteiger partial charge in [0.1, 0.15) is 11.7 Å². The topological polar surface area (TPSA) is 81.7 Å². The molecule has 1 atom stereocenters. The van der Waals surface area contributed by atoms with E-state index in [9.17, 15) is 18.8 Å². The molecule has 1 aromatic rings. The highest BCUT2D eigenvalue weighted by Crippen LogP contribution is 2.28. The monoisotopic (exact) mass is 321 g/mol. The van der Waals surface area contributed by atoms with Crippen molar-refractivity contribution in [3.8, 4) is 0 Å². The number of carbonyl (C=O) groups is 3. The van der Waals surface area contributed by atoms with E-state index in [2.05, 4.69) is 10.1 Å². The van der Waals surface area contributed by atoms with E-state index in [1.165, 1.54) is 24.3 Å². The number of halogens is 1. The van der Waals surface area contributed by atoms with Gasteiger partial charge in [0.15, 0.2) is 0 Å². The number of benzene rings is 1. The summed E-state index contributed by atoms with van der Waals surface area (Å²) in [5.41, 5.74) is 0.905. The first kappa shape index (κ1) is 16.7. The molecule has 6 nitrogen and oxygen atoms in total. The molecule has 1 aromatic carbocycles. The molecule has 1 saturated heterocycles. The summed E-state index contributed by atoms with van der Waals surface area (Å²) in [5, 5.41) is 2.91. The maximum atomic E-state index is 12.9. The Morgan fingerprint density at radius 2 is 2.00 bits per heavy atom. The van der Waals surface area contributed by atoms with Gasteiger partial charge in [0.25, 0.3) is 0 Å². The number of allylic oxidation sites excluding steroid dienone is 1. The highest BCUT2D eigenvalue weighted by molar-refractivity contribution is 6.04. The fraction of sp³-hybridized carbons (Fsp3) is 0.312. The summed E-state index contributed by atoms with van der Waals surface area (Å²) >= 11 is 0. The Bertz CT molecular complexity index is 666. The van der Waals surface area contributed by atoms with Crippen molar-refractivity contribution in [3.63, 3.8) is 0 Å². The third-order valence-corrected chi connectivity index (χ3v) is 3.29. The molecule has 7 heteroatoms. The molecule has 23 heavy (non-hydrogen) atoms. The van der Waals surface area contributed by atoms with Gasteiger partial charge in [-0.15, -0.1) is 0 Å². The van der Waals surface area contributed by atoms with Crippen molar-refractivity contribution in [3.05, 3.63) is 41.4 Å². The van der Waals surface area contributed by atoms with Crippen LogP contribution in [0.3, 0.4) is 0 Å². The minimum absolute atomic E-state index is 0.0343. The summed E-state index contributed by atoms with van der Waals surface area (Å²) in [4.78, 5) is 35.2. The molecule has 0 saturated carbocycles. The highest BCUT2D eigenvalue weighted by atomic mass is 19.1. The number of esters is 3.